The van der Waals surface area contributed by atoms with Crippen LogP contribution in [0.3, 0.4) is 0 Å². The average Bonchev–Trinajstić information content (AvgIpc) is 3.05. The van der Waals surface area contributed by atoms with E-state index in [9.17, 15) is 4.79 Å². The van der Waals surface area contributed by atoms with E-state index in [1.54, 1.807) is 25.6 Å². The molecule has 0 aliphatic carbocycles. The van der Waals surface area contributed by atoms with Gasteiger partial charge in [0.1, 0.15) is 5.75 Å². The average molecular weight is 363 g/mol. The second-order valence-electron chi connectivity index (χ2n) is 6.46. The molecule has 0 saturated carbocycles. The molecule has 2 heterocycles. The minimum atomic E-state index is 0.0507. The molecule has 1 N–H and O–H groups in total. The SMILES string of the molecule is COCC(C)NC(=O)C1CCN(c2nc3ccc(OC)cc3s2)CC1. The van der Waals surface area contributed by atoms with Gasteiger partial charge in [0.05, 0.1) is 23.9 Å². The first kappa shape index (κ1) is 17.9. The second kappa shape index (κ2) is 8.01. The number of aromatic nitrogens is 1. The Balaban J connectivity index is 1.59. The molecule has 2 aromatic rings. The Hall–Kier alpha value is -1.86. The summed E-state index contributed by atoms with van der Waals surface area (Å²) in [6, 6.07) is 6.00. The Morgan fingerprint density at radius 3 is 2.84 bits per heavy atom. The van der Waals surface area contributed by atoms with E-state index in [4.69, 9.17) is 14.5 Å². The number of rotatable bonds is 6. The van der Waals surface area contributed by atoms with Gasteiger partial charge in [-0.2, -0.15) is 0 Å². The molecule has 1 aromatic heterocycles. The number of amides is 1. The minimum Gasteiger partial charge on any atom is -0.497 e. The lowest BCUT2D eigenvalue weighted by atomic mass is 9.96. The second-order valence-corrected chi connectivity index (χ2v) is 7.47. The maximum absolute atomic E-state index is 12.3. The number of anilines is 1. The number of hydrogen-bond donors (Lipinski definition) is 1. The molecule has 0 bridgehead atoms. The van der Waals surface area contributed by atoms with Crippen molar-refractivity contribution in [2.24, 2.45) is 5.92 Å². The number of fused-ring (bicyclic) bond motifs is 1. The van der Waals surface area contributed by atoms with Crippen LogP contribution in [0, 0.1) is 5.92 Å². The summed E-state index contributed by atoms with van der Waals surface area (Å²) in [4.78, 5) is 19.3. The van der Waals surface area contributed by atoms with E-state index in [-0.39, 0.29) is 17.9 Å². The lowest BCUT2D eigenvalue weighted by Crippen LogP contribution is -2.44. The van der Waals surface area contributed by atoms with Gasteiger partial charge < -0.3 is 19.7 Å². The summed E-state index contributed by atoms with van der Waals surface area (Å²) in [6.07, 6.45) is 1.70. The van der Waals surface area contributed by atoms with Crippen molar-refractivity contribution < 1.29 is 14.3 Å². The first-order valence-corrected chi connectivity index (χ1v) is 9.41. The van der Waals surface area contributed by atoms with Crippen LogP contribution in [0.15, 0.2) is 18.2 Å². The molecule has 1 unspecified atom stereocenters. The van der Waals surface area contributed by atoms with Gasteiger partial charge in [0.15, 0.2) is 5.13 Å². The van der Waals surface area contributed by atoms with Crippen molar-refractivity contribution in [2.45, 2.75) is 25.8 Å². The number of ether oxygens (including phenoxy) is 2. The molecule has 0 spiro atoms. The standard InChI is InChI=1S/C18H25N3O3S/c1-12(11-23-2)19-17(22)13-6-8-21(9-7-13)18-20-15-5-4-14(24-3)10-16(15)25-18/h4-5,10,12-13H,6-9,11H2,1-3H3,(H,19,22). The quantitative estimate of drug-likeness (QED) is 0.855. The molecule has 1 saturated heterocycles. The third-order valence-corrected chi connectivity index (χ3v) is 5.60. The maximum atomic E-state index is 12.3. The number of benzene rings is 1. The van der Waals surface area contributed by atoms with Crippen molar-refractivity contribution >= 4 is 32.6 Å². The van der Waals surface area contributed by atoms with Crippen LogP contribution in [0.25, 0.3) is 10.2 Å². The number of methoxy groups -OCH3 is 2. The van der Waals surface area contributed by atoms with E-state index in [2.05, 4.69) is 10.2 Å². The molecule has 1 aromatic carbocycles. The van der Waals surface area contributed by atoms with Crippen molar-refractivity contribution in [1.29, 1.82) is 0 Å². The van der Waals surface area contributed by atoms with E-state index in [0.717, 1.165) is 47.0 Å². The minimum absolute atomic E-state index is 0.0507. The highest BCUT2D eigenvalue weighted by Crippen LogP contribution is 2.33. The van der Waals surface area contributed by atoms with Crippen LogP contribution in [-0.2, 0) is 9.53 Å². The van der Waals surface area contributed by atoms with Gasteiger partial charge in [0.25, 0.3) is 0 Å². The van der Waals surface area contributed by atoms with Gasteiger partial charge in [-0.05, 0) is 38.0 Å². The van der Waals surface area contributed by atoms with E-state index in [1.165, 1.54) is 0 Å². The van der Waals surface area contributed by atoms with Gasteiger partial charge in [-0.15, -0.1) is 0 Å². The fraction of sp³-hybridized carbons (Fsp3) is 0.556. The Kier molecular flexibility index (Phi) is 5.75. The summed E-state index contributed by atoms with van der Waals surface area (Å²) in [7, 11) is 3.32. The molecule has 1 aliphatic rings. The summed E-state index contributed by atoms with van der Waals surface area (Å²) in [5.74, 6) is 1.06. The first-order chi connectivity index (χ1) is 12.1. The fourth-order valence-electron chi connectivity index (χ4n) is 3.14. The lowest BCUT2D eigenvalue weighted by Gasteiger charge is -2.31. The van der Waals surface area contributed by atoms with Crippen LogP contribution in [0.1, 0.15) is 19.8 Å². The van der Waals surface area contributed by atoms with E-state index >= 15 is 0 Å². The zero-order chi connectivity index (χ0) is 17.8. The number of nitrogens with one attached hydrogen (secondary N) is 1. The zero-order valence-electron chi connectivity index (χ0n) is 14.9. The third kappa shape index (κ3) is 4.22. The molecular weight excluding hydrogens is 338 g/mol. The van der Waals surface area contributed by atoms with Crippen LogP contribution in [-0.4, -0.2) is 50.8 Å². The Morgan fingerprint density at radius 2 is 2.16 bits per heavy atom. The normalized spacial score (nSPS) is 16.8. The van der Waals surface area contributed by atoms with Crippen LogP contribution < -0.4 is 15.0 Å². The van der Waals surface area contributed by atoms with Crippen LogP contribution >= 0.6 is 11.3 Å². The molecule has 6 nitrogen and oxygen atoms in total. The van der Waals surface area contributed by atoms with Crippen molar-refractivity contribution in [1.82, 2.24) is 10.3 Å². The molecule has 25 heavy (non-hydrogen) atoms. The summed E-state index contributed by atoms with van der Waals surface area (Å²) < 4.78 is 11.5. The number of nitrogens with zero attached hydrogens (tertiary/aromatic N) is 2. The van der Waals surface area contributed by atoms with Gasteiger partial charge in [-0.25, -0.2) is 4.98 Å². The van der Waals surface area contributed by atoms with Gasteiger partial charge in [0.2, 0.25) is 5.91 Å². The summed E-state index contributed by atoms with van der Waals surface area (Å²) in [6.45, 7) is 4.22. The number of thiazole rings is 1. The number of piperidine rings is 1. The fourth-order valence-corrected chi connectivity index (χ4v) is 4.19. The lowest BCUT2D eigenvalue weighted by molar-refractivity contribution is -0.126. The highest BCUT2D eigenvalue weighted by atomic mass is 32.1. The highest BCUT2D eigenvalue weighted by Gasteiger charge is 2.27. The molecule has 0 radical (unpaired) electrons. The predicted molar refractivity (Wildman–Crippen MR) is 101 cm³/mol. The molecule has 1 atom stereocenters. The molecule has 1 amide bonds. The number of hydrogen-bond acceptors (Lipinski definition) is 6. The molecule has 7 heteroatoms. The monoisotopic (exact) mass is 363 g/mol. The molecule has 136 valence electrons. The zero-order valence-corrected chi connectivity index (χ0v) is 15.8. The number of carbonyl (C=O) groups excluding carboxylic acids is 1. The van der Waals surface area contributed by atoms with Crippen LogP contribution in [0.5, 0.6) is 5.75 Å². The highest BCUT2D eigenvalue weighted by molar-refractivity contribution is 7.22. The van der Waals surface area contributed by atoms with Crippen LogP contribution in [0.2, 0.25) is 0 Å². The Morgan fingerprint density at radius 1 is 1.40 bits per heavy atom. The number of carbonyl (C=O) groups is 1. The van der Waals surface area contributed by atoms with Crippen LogP contribution in [0.4, 0.5) is 5.13 Å². The van der Waals surface area contributed by atoms with Crippen molar-refractivity contribution in [3.8, 4) is 5.75 Å². The Bertz CT molecular complexity index is 725. The molecule has 3 rings (SSSR count). The summed E-state index contributed by atoms with van der Waals surface area (Å²) in [5, 5.41) is 4.05. The van der Waals surface area contributed by atoms with Crippen molar-refractivity contribution in [3.05, 3.63) is 18.2 Å². The summed E-state index contributed by atoms with van der Waals surface area (Å²) >= 11 is 1.68. The largest absolute Gasteiger partial charge is 0.497 e. The first-order valence-electron chi connectivity index (χ1n) is 8.59. The van der Waals surface area contributed by atoms with Gasteiger partial charge in [0, 0.05) is 32.2 Å². The summed E-state index contributed by atoms with van der Waals surface area (Å²) in [5.41, 5.74) is 0.994. The smallest absolute Gasteiger partial charge is 0.223 e. The van der Waals surface area contributed by atoms with Gasteiger partial charge in [-0.1, -0.05) is 11.3 Å². The van der Waals surface area contributed by atoms with Crippen molar-refractivity contribution in [2.75, 3.05) is 38.8 Å². The predicted octanol–water partition coefficient (Wildman–Crippen LogP) is 2.67. The molecule has 1 aliphatic heterocycles. The van der Waals surface area contributed by atoms with Crippen molar-refractivity contribution in [3.63, 3.8) is 0 Å². The van der Waals surface area contributed by atoms with E-state index < -0.39 is 0 Å². The van der Waals surface area contributed by atoms with E-state index in [1.807, 2.05) is 25.1 Å². The molecule has 1 fully saturated rings. The van der Waals surface area contributed by atoms with E-state index in [0.29, 0.717) is 6.61 Å². The maximum Gasteiger partial charge on any atom is 0.223 e. The third-order valence-electron chi connectivity index (χ3n) is 4.53. The molecular formula is C18H25N3O3S. The van der Waals surface area contributed by atoms with Gasteiger partial charge in [-0.3, -0.25) is 4.79 Å². The van der Waals surface area contributed by atoms with Gasteiger partial charge >= 0.3 is 0 Å². The Labute approximate surface area is 152 Å². The topological polar surface area (TPSA) is 63.7 Å².